The van der Waals surface area contributed by atoms with E-state index in [-0.39, 0.29) is 0 Å². The summed E-state index contributed by atoms with van der Waals surface area (Å²) in [6.45, 7) is 8.23. The van der Waals surface area contributed by atoms with Crippen LogP contribution in [0.15, 0.2) is 12.3 Å². The van der Waals surface area contributed by atoms with E-state index >= 15 is 0 Å². The van der Waals surface area contributed by atoms with Gasteiger partial charge in [-0.15, -0.1) is 0 Å². The molecule has 0 spiro atoms. The normalized spacial score (nSPS) is 19.3. The third kappa shape index (κ3) is 1.36. The lowest BCUT2D eigenvalue weighted by Gasteiger charge is -2.29. The number of rotatable bonds is 1. The van der Waals surface area contributed by atoms with Crippen LogP contribution in [0.5, 0.6) is 0 Å². The molecular weight excluding hydrogens is 126 g/mol. The van der Waals surface area contributed by atoms with Crippen LogP contribution in [0, 0.1) is 5.41 Å². The number of allylic oxidation sites excluding steroid dienone is 1. The fraction of sp³-hybridized carbons (Fsp3) is 0.571. The van der Waals surface area contributed by atoms with Gasteiger partial charge in [0.25, 0.3) is 0 Å². The lowest BCUT2D eigenvalue weighted by atomic mass is 10.3. The number of piperazine rings is 1. The average molecular weight is 139 g/mol. The zero-order valence-corrected chi connectivity index (χ0v) is 6.28. The molecule has 0 radical (unpaired) electrons. The Balaban J connectivity index is 2.56. The van der Waals surface area contributed by atoms with Crippen LogP contribution in [0.25, 0.3) is 0 Å². The number of hydrogen-bond donors (Lipinski definition) is 2. The van der Waals surface area contributed by atoms with Gasteiger partial charge in [0, 0.05) is 18.8 Å². The molecule has 0 amide bonds. The molecule has 0 aromatic heterocycles. The van der Waals surface area contributed by atoms with Crippen molar-refractivity contribution in [3.05, 3.63) is 12.3 Å². The van der Waals surface area contributed by atoms with Crippen molar-refractivity contribution in [3.8, 4) is 0 Å². The summed E-state index contributed by atoms with van der Waals surface area (Å²) in [5.74, 6) is 0.624. The van der Waals surface area contributed by atoms with Crippen LogP contribution >= 0.6 is 0 Å². The third-order valence-corrected chi connectivity index (χ3v) is 1.59. The highest BCUT2D eigenvalue weighted by Gasteiger charge is 2.13. The van der Waals surface area contributed by atoms with E-state index in [9.17, 15) is 0 Å². The van der Waals surface area contributed by atoms with Gasteiger partial charge in [0.2, 0.25) is 0 Å². The van der Waals surface area contributed by atoms with Crippen molar-refractivity contribution in [1.29, 1.82) is 5.41 Å². The summed E-state index contributed by atoms with van der Waals surface area (Å²) in [6, 6.07) is 0. The van der Waals surface area contributed by atoms with Crippen molar-refractivity contribution in [3.63, 3.8) is 0 Å². The van der Waals surface area contributed by atoms with Gasteiger partial charge in [0.05, 0.1) is 6.54 Å². The minimum Gasteiger partial charge on any atom is -0.333 e. The third-order valence-electron chi connectivity index (χ3n) is 1.59. The Hall–Kier alpha value is -0.830. The van der Waals surface area contributed by atoms with Gasteiger partial charge in [-0.25, -0.2) is 0 Å². The van der Waals surface area contributed by atoms with E-state index in [4.69, 9.17) is 5.41 Å². The SMILES string of the molecule is C=C(C)N1CCNCC1=N. The summed E-state index contributed by atoms with van der Waals surface area (Å²) in [5, 5.41) is 10.6. The van der Waals surface area contributed by atoms with Gasteiger partial charge in [-0.05, 0) is 6.92 Å². The van der Waals surface area contributed by atoms with Crippen LogP contribution in [0.2, 0.25) is 0 Å². The number of hydrogen-bond acceptors (Lipinski definition) is 2. The molecule has 1 rings (SSSR count). The molecular formula is C7H13N3. The molecule has 1 aliphatic rings. The highest BCUT2D eigenvalue weighted by molar-refractivity contribution is 5.83. The van der Waals surface area contributed by atoms with E-state index < -0.39 is 0 Å². The molecule has 0 atom stereocenters. The van der Waals surface area contributed by atoms with Gasteiger partial charge in [-0.2, -0.15) is 0 Å². The lowest BCUT2D eigenvalue weighted by Crippen LogP contribution is -2.46. The predicted octanol–water partition coefficient (Wildman–Crippen LogP) is 0.402. The van der Waals surface area contributed by atoms with Crippen molar-refractivity contribution >= 4 is 5.84 Å². The molecule has 0 saturated carbocycles. The molecule has 1 saturated heterocycles. The molecule has 1 heterocycles. The first kappa shape index (κ1) is 7.28. The molecule has 2 N–H and O–H groups in total. The summed E-state index contributed by atoms with van der Waals surface area (Å²) in [5.41, 5.74) is 0.964. The largest absolute Gasteiger partial charge is 0.333 e. The topological polar surface area (TPSA) is 39.1 Å². The highest BCUT2D eigenvalue weighted by atomic mass is 15.2. The zero-order chi connectivity index (χ0) is 7.56. The highest BCUT2D eigenvalue weighted by Crippen LogP contribution is 2.02. The Morgan fingerprint density at radius 2 is 2.50 bits per heavy atom. The minimum absolute atomic E-state index is 0.624. The van der Waals surface area contributed by atoms with Gasteiger partial charge in [-0.3, -0.25) is 5.41 Å². The van der Waals surface area contributed by atoms with Crippen LogP contribution in [-0.2, 0) is 0 Å². The lowest BCUT2D eigenvalue weighted by molar-refractivity contribution is 0.451. The van der Waals surface area contributed by atoms with Gasteiger partial charge in [0.15, 0.2) is 0 Å². The average Bonchev–Trinajstić information content (AvgIpc) is 1.88. The molecule has 0 bridgehead atoms. The van der Waals surface area contributed by atoms with Crippen molar-refractivity contribution in [2.45, 2.75) is 6.92 Å². The summed E-state index contributed by atoms with van der Waals surface area (Å²) in [4.78, 5) is 1.93. The Labute approximate surface area is 61.2 Å². The zero-order valence-electron chi connectivity index (χ0n) is 6.28. The van der Waals surface area contributed by atoms with Crippen LogP contribution in [0.4, 0.5) is 0 Å². The molecule has 56 valence electrons. The second kappa shape index (κ2) is 2.84. The monoisotopic (exact) mass is 139 g/mol. The quantitative estimate of drug-likeness (QED) is 0.552. The van der Waals surface area contributed by atoms with Gasteiger partial charge in [-0.1, -0.05) is 6.58 Å². The first-order chi connectivity index (χ1) is 4.72. The van der Waals surface area contributed by atoms with Gasteiger partial charge < -0.3 is 10.2 Å². The minimum atomic E-state index is 0.624. The van der Waals surface area contributed by atoms with E-state index in [0.29, 0.717) is 12.4 Å². The smallest absolute Gasteiger partial charge is 0.114 e. The van der Waals surface area contributed by atoms with Crippen molar-refractivity contribution < 1.29 is 0 Å². The summed E-state index contributed by atoms with van der Waals surface area (Å²) in [7, 11) is 0. The Morgan fingerprint density at radius 3 is 2.90 bits per heavy atom. The van der Waals surface area contributed by atoms with E-state index in [1.165, 1.54) is 0 Å². The summed E-state index contributed by atoms with van der Waals surface area (Å²) < 4.78 is 0. The maximum atomic E-state index is 7.48. The van der Waals surface area contributed by atoms with E-state index in [1.807, 2.05) is 11.8 Å². The number of nitrogens with zero attached hydrogens (tertiary/aromatic N) is 1. The standard InChI is InChI=1S/C7H13N3/c1-6(2)10-4-3-9-5-7(10)8/h8-9H,1,3-5H2,2H3. The van der Waals surface area contributed by atoms with Crippen molar-refractivity contribution in [2.24, 2.45) is 0 Å². The maximum Gasteiger partial charge on any atom is 0.114 e. The first-order valence-corrected chi connectivity index (χ1v) is 3.43. The molecule has 1 fully saturated rings. The number of amidine groups is 1. The molecule has 0 aromatic rings. The van der Waals surface area contributed by atoms with Crippen LogP contribution in [0.3, 0.4) is 0 Å². The van der Waals surface area contributed by atoms with Gasteiger partial charge >= 0.3 is 0 Å². The molecule has 3 nitrogen and oxygen atoms in total. The van der Waals surface area contributed by atoms with Crippen LogP contribution in [-0.4, -0.2) is 30.4 Å². The second-order valence-corrected chi connectivity index (χ2v) is 2.51. The van der Waals surface area contributed by atoms with Crippen LogP contribution < -0.4 is 5.32 Å². The first-order valence-electron chi connectivity index (χ1n) is 3.43. The van der Waals surface area contributed by atoms with Crippen molar-refractivity contribution in [1.82, 2.24) is 10.2 Å². The Bertz CT molecular complexity index is 162. The summed E-state index contributed by atoms with van der Waals surface area (Å²) in [6.07, 6.45) is 0. The molecule has 0 unspecified atom stereocenters. The van der Waals surface area contributed by atoms with E-state index in [1.54, 1.807) is 0 Å². The predicted molar refractivity (Wildman–Crippen MR) is 42.1 cm³/mol. The number of nitrogens with one attached hydrogen (secondary N) is 2. The van der Waals surface area contributed by atoms with Gasteiger partial charge in [0.1, 0.15) is 5.84 Å². The Morgan fingerprint density at radius 1 is 1.80 bits per heavy atom. The van der Waals surface area contributed by atoms with E-state index in [0.717, 1.165) is 18.8 Å². The molecule has 0 aromatic carbocycles. The van der Waals surface area contributed by atoms with Crippen molar-refractivity contribution in [2.75, 3.05) is 19.6 Å². The summed E-state index contributed by atoms with van der Waals surface area (Å²) >= 11 is 0. The fourth-order valence-corrected chi connectivity index (χ4v) is 1.05. The van der Waals surface area contributed by atoms with E-state index in [2.05, 4.69) is 11.9 Å². The Kier molecular flexibility index (Phi) is 2.06. The molecule has 3 heteroatoms. The molecule has 1 aliphatic heterocycles. The van der Waals surface area contributed by atoms with Crippen LogP contribution in [0.1, 0.15) is 6.92 Å². The second-order valence-electron chi connectivity index (χ2n) is 2.51. The molecule has 0 aliphatic carbocycles. The fourth-order valence-electron chi connectivity index (χ4n) is 1.05. The maximum absolute atomic E-state index is 7.48. The molecule has 10 heavy (non-hydrogen) atoms.